The number of carbonyl (C=O) groups is 1. The van der Waals surface area contributed by atoms with Crippen LogP contribution in [0.2, 0.25) is 0 Å². The highest BCUT2D eigenvalue weighted by Crippen LogP contribution is 2.24. The van der Waals surface area contributed by atoms with Gasteiger partial charge in [-0.2, -0.15) is 0 Å². The van der Waals surface area contributed by atoms with E-state index in [-0.39, 0.29) is 5.91 Å². The van der Waals surface area contributed by atoms with Gasteiger partial charge in [0.2, 0.25) is 11.4 Å². The zero-order valence-electron chi connectivity index (χ0n) is 13.2. The normalized spacial score (nSPS) is 16.7. The van der Waals surface area contributed by atoms with Crippen molar-refractivity contribution in [1.82, 2.24) is 4.90 Å². The number of nitrogens with zero attached hydrogens (tertiary/aromatic N) is 2. The Hall–Kier alpha value is -2.82. The lowest BCUT2D eigenvalue weighted by atomic mass is 10.1. The van der Waals surface area contributed by atoms with Gasteiger partial charge in [0.15, 0.2) is 5.76 Å². The molecule has 0 aliphatic carbocycles. The van der Waals surface area contributed by atoms with Crippen LogP contribution in [0.15, 0.2) is 58.8 Å². The molecule has 0 unspecified atom stereocenters. The van der Waals surface area contributed by atoms with Crippen LogP contribution in [0.5, 0.6) is 0 Å². The van der Waals surface area contributed by atoms with Gasteiger partial charge in [0, 0.05) is 0 Å². The van der Waals surface area contributed by atoms with Crippen molar-refractivity contribution in [2.24, 2.45) is 5.16 Å². The minimum Gasteiger partial charge on any atom is -0.461 e. The zero-order valence-corrected chi connectivity index (χ0v) is 13.2. The number of hydrogen-bond donors (Lipinski definition) is 0. The van der Waals surface area contributed by atoms with Crippen molar-refractivity contribution in [3.63, 3.8) is 0 Å². The number of rotatable bonds is 4. The molecule has 0 saturated heterocycles. The highest BCUT2D eigenvalue weighted by molar-refractivity contribution is 6.09. The van der Waals surface area contributed by atoms with Gasteiger partial charge in [0.05, 0.1) is 12.8 Å². The first kappa shape index (κ1) is 15.1. The molecule has 5 heteroatoms. The summed E-state index contributed by atoms with van der Waals surface area (Å²) in [5, 5.41) is 4.10. The largest absolute Gasteiger partial charge is 0.461 e. The molecule has 118 valence electrons. The number of hydrogen-bond acceptors (Lipinski definition) is 4. The fourth-order valence-corrected chi connectivity index (χ4v) is 2.34. The first-order valence-electron chi connectivity index (χ1n) is 7.34. The van der Waals surface area contributed by atoms with E-state index in [1.807, 2.05) is 24.3 Å². The number of amidine groups is 1. The van der Waals surface area contributed by atoms with Gasteiger partial charge in [-0.25, -0.2) is 0 Å². The van der Waals surface area contributed by atoms with Gasteiger partial charge in [-0.3, -0.25) is 9.69 Å². The Morgan fingerprint density at radius 2 is 2.00 bits per heavy atom. The molecule has 0 atom stereocenters. The summed E-state index contributed by atoms with van der Waals surface area (Å²) in [5.74, 6) is 0.718. The molecule has 0 saturated carbocycles. The molecule has 2 heterocycles. The van der Waals surface area contributed by atoms with Gasteiger partial charge in [-0.15, -0.1) is 0 Å². The van der Waals surface area contributed by atoms with Crippen LogP contribution in [0.3, 0.4) is 0 Å². The van der Waals surface area contributed by atoms with E-state index in [1.165, 1.54) is 0 Å². The summed E-state index contributed by atoms with van der Waals surface area (Å²) in [6.45, 7) is 7.53. The topological polar surface area (TPSA) is 55.0 Å². The summed E-state index contributed by atoms with van der Waals surface area (Å²) in [4.78, 5) is 19.7. The molecular weight excluding hydrogens is 292 g/mol. The Morgan fingerprint density at radius 3 is 2.61 bits per heavy atom. The predicted molar refractivity (Wildman–Crippen MR) is 87.5 cm³/mol. The number of furan rings is 1. The van der Waals surface area contributed by atoms with Crippen LogP contribution in [0.1, 0.15) is 30.7 Å². The van der Waals surface area contributed by atoms with Crippen molar-refractivity contribution in [3.05, 3.63) is 66.1 Å². The summed E-state index contributed by atoms with van der Waals surface area (Å²) in [7, 11) is 0. The van der Waals surface area contributed by atoms with E-state index in [0.717, 1.165) is 11.1 Å². The van der Waals surface area contributed by atoms with Gasteiger partial charge in [-0.1, -0.05) is 42.1 Å². The highest BCUT2D eigenvalue weighted by Gasteiger charge is 2.41. The van der Waals surface area contributed by atoms with Crippen molar-refractivity contribution in [2.45, 2.75) is 26.0 Å². The first-order chi connectivity index (χ1) is 11.0. The van der Waals surface area contributed by atoms with Crippen LogP contribution in [0.25, 0.3) is 6.08 Å². The third-order valence-corrected chi connectivity index (χ3v) is 3.67. The molecule has 0 N–H and O–H groups in total. The zero-order chi connectivity index (χ0) is 16.4. The average Bonchev–Trinajstić information content (AvgIpc) is 3.07. The second-order valence-corrected chi connectivity index (χ2v) is 5.83. The molecule has 1 aliphatic heterocycles. The molecule has 0 bridgehead atoms. The van der Waals surface area contributed by atoms with E-state index < -0.39 is 5.60 Å². The maximum absolute atomic E-state index is 12.7. The van der Waals surface area contributed by atoms with E-state index >= 15 is 0 Å². The van der Waals surface area contributed by atoms with Crippen molar-refractivity contribution in [1.29, 1.82) is 0 Å². The van der Waals surface area contributed by atoms with Crippen molar-refractivity contribution in [3.8, 4) is 0 Å². The minimum absolute atomic E-state index is 0.160. The van der Waals surface area contributed by atoms with Gasteiger partial charge in [0.25, 0.3) is 5.91 Å². The molecule has 1 aromatic carbocycles. The Bertz CT molecular complexity index is 743. The molecule has 0 spiro atoms. The van der Waals surface area contributed by atoms with Gasteiger partial charge in [-0.05, 0) is 37.1 Å². The fraction of sp³-hybridized carbons (Fsp3) is 0.222. The van der Waals surface area contributed by atoms with E-state index in [1.54, 1.807) is 43.2 Å². The van der Waals surface area contributed by atoms with E-state index in [0.29, 0.717) is 18.1 Å². The SMILES string of the molecule is C=Cc1ccc(CN2C(=O)C(C)(C)ON=C2c2ccco2)cc1. The standard InChI is InChI=1S/C18H18N2O3/c1-4-13-7-9-14(10-8-13)12-20-16(15-6-5-11-22-15)19-23-18(2,3)17(20)21/h4-11H,1,12H2,2-3H3. The maximum atomic E-state index is 12.7. The quantitative estimate of drug-likeness (QED) is 0.869. The van der Waals surface area contributed by atoms with Crippen molar-refractivity contribution >= 4 is 17.8 Å². The third kappa shape index (κ3) is 2.90. The second-order valence-electron chi connectivity index (χ2n) is 5.83. The molecule has 0 fully saturated rings. The lowest BCUT2D eigenvalue weighted by molar-refractivity contribution is -0.155. The molecule has 5 nitrogen and oxygen atoms in total. The van der Waals surface area contributed by atoms with Gasteiger partial charge in [0.1, 0.15) is 0 Å². The molecule has 23 heavy (non-hydrogen) atoms. The van der Waals surface area contributed by atoms with Crippen LogP contribution in [0, 0.1) is 0 Å². The highest BCUT2D eigenvalue weighted by atomic mass is 16.7. The molecule has 1 aromatic heterocycles. The molecule has 1 amide bonds. The minimum atomic E-state index is -1.00. The molecule has 2 aromatic rings. The smallest absolute Gasteiger partial charge is 0.275 e. The Labute approximate surface area is 134 Å². The summed E-state index contributed by atoms with van der Waals surface area (Å²) >= 11 is 0. The van der Waals surface area contributed by atoms with Crippen LogP contribution in [-0.4, -0.2) is 22.2 Å². The predicted octanol–water partition coefficient (Wildman–Crippen LogP) is 3.42. The molecule has 0 radical (unpaired) electrons. The van der Waals surface area contributed by atoms with E-state index in [4.69, 9.17) is 9.25 Å². The molecular formula is C18H18N2O3. The van der Waals surface area contributed by atoms with Crippen molar-refractivity contribution in [2.75, 3.05) is 0 Å². The van der Waals surface area contributed by atoms with Crippen LogP contribution >= 0.6 is 0 Å². The Balaban J connectivity index is 1.94. The lowest BCUT2D eigenvalue weighted by Gasteiger charge is -2.34. The maximum Gasteiger partial charge on any atom is 0.275 e. The molecule has 1 aliphatic rings. The first-order valence-corrected chi connectivity index (χ1v) is 7.34. The van der Waals surface area contributed by atoms with Gasteiger partial charge >= 0.3 is 0 Å². The third-order valence-electron chi connectivity index (χ3n) is 3.67. The number of carbonyl (C=O) groups excluding carboxylic acids is 1. The van der Waals surface area contributed by atoms with Gasteiger partial charge < -0.3 is 9.25 Å². The van der Waals surface area contributed by atoms with Crippen LogP contribution in [-0.2, 0) is 16.2 Å². The summed E-state index contributed by atoms with van der Waals surface area (Å²) in [6, 6.07) is 11.4. The summed E-state index contributed by atoms with van der Waals surface area (Å²) < 4.78 is 5.38. The monoisotopic (exact) mass is 310 g/mol. The van der Waals surface area contributed by atoms with Crippen LogP contribution < -0.4 is 0 Å². The summed E-state index contributed by atoms with van der Waals surface area (Å²) in [6.07, 6.45) is 3.32. The number of oxime groups is 1. The van der Waals surface area contributed by atoms with E-state index in [9.17, 15) is 4.79 Å². The number of amides is 1. The molecule has 3 rings (SSSR count). The average molecular weight is 310 g/mol. The Morgan fingerprint density at radius 1 is 1.26 bits per heavy atom. The second kappa shape index (κ2) is 5.76. The summed E-state index contributed by atoms with van der Waals surface area (Å²) in [5.41, 5.74) is 1.01. The lowest BCUT2D eigenvalue weighted by Crippen LogP contribution is -2.52. The number of benzene rings is 1. The Kier molecular flexibility index (Phi) is 3.78. The van der Waals surface area contributed by atoms with Crippen molar-refractivity contribution < 1.29 is 14.0 Å². The van der Waals surface area contributed by atoms with Crippen LogP contribution in [0.4, 0.5) is 0 Å². The fourth-order valence-electron chi connectivity index (χ4n) is 2.34. The van der Waals surface area contributed by atoms with E-state index in [2.05, 4.69) is 11.7 Å².